The number of benzene rings is 2. The van der Waals surface area contributed by atoms with Crippen LogP contribution in [0.5, 0.6) is 5.75 Å². The highest BCUT2D eigenvalue weighted by molar-refractivity contribution is 7.17. The molecule has 0 bridgehead atoms. The van der Waals surface area contributed by atoms with Gasteiger partial charge in [-0.1, -0.05) is 54.8 Å². The van der Waals surface area contributed by atoms with Gasteiger partial charge in [-0.2, -0.15) is 0 Å². The van der Waals surface area contributed by atoms with Gasteiger partial charge < -0.3 is 14.6 Å². The standard InChI is InChI=1S/C28H27ClN2O6S/c1-4-5-6-14-37-20-9-7-8-18(15-20)22-21(23(32)17-10-12-19(29)13-11-17)24(33)26(34)31(22)28-30-16(2)25(38-28)27(35)36-3/h7-13,15,22,32H,4-6,14H2,1-3H3/b23-21+. The molecule has 4 rings (SSSR count). The molecule has 1 unspecified atom stereocenters. The average Bonchev–Trinajstić information content (AvgIpc) is 3.43. The molecule has 1 atom stereocenters. The number of thiazole rings is 1. The molecular weight excluding hydrogens is 528 g/mol. The summed E-state index contributed by atoms with van der Waals surface area (Å²) in [6, 6.07) is 12.3. The highest BCUT2D eigenvalue weighted by Gasteiger charge is 2.48. The molecule has 10 heteroatoms. The second-order valence-electron chi connectivity index (χ2n) is 8.71. The van der Waals surface area contributed by atoms with Gasteiger partial charge in [0, 0.05) is 10.6 Å². The summed E-state index contributed by atoms with van der Waals surface area (Å²) in [5.41, 5.74) is 1.13. The molecule has 198 valence electrons. The minimum Gasteiger partial charge on any atom is -0.507 e. The summed E-state index contributed by atoms with van der Waals surface area (Å²) in [6.07, 6.45) is 2.99. The van der Waals surface area contributed by atoms with E-state index in [4.69, 9.17) is 21.1 Å². The summed E-state index contributed by atoms with van der Waals surface area (Å²) < 4.78 is 10.7. The third-order valence-corrected chi connectivity index (χ3v) is 7.50. The second-order valence-corrected chi connectivity index (χ2v) is 10.1. The number of methoxy groups -OCH3 is 1. The molecule has 1 aromatic heterocycles. The number of aryl methyl sites for hydroxylation is 1. The SMILES string of the molecule is CCCCCOc1cccc(C2/C(=C(\O)c3ccc(Cl)cc3)C(=O)C(=O)N2c2nc(C)c(C(=O)OC)s2)c1. The number of hydrogen-bond acceptors (Lipinski definition) is 8. The third kappa shape index (κ3) is 5.44. The molecule has 0 aliphatic carbocycles. The number of carbonyl (C=O) groups excluding carboxylic acids is 3. The van der Waals surface area contributed by atoms with Crippen LogP contribution in [0.3, 0.4) is 0 Å². The van der Waals surface area contributed by atoms with Crippen molar-refractivity contribution >= 4 is 51.5 Å². The Balaban J connectivity index is 1.85. The van der Waals surface area contributed by atoms with Crippen LogP contribution >= 0.6 is 22.9 Å². The molecule has 1 aliphatic rings. The van der Waals surface area contributed by atoms with Crippen LogP contribution in [0.25, 0.3) is 5.76 Å². The number of halogens is 1. The predicted molar refractivity (Wildman–Crippen MR) is 146 cm³/mol. The maximum absolute atomic E-state index is 13.4. The molecule has 0 radical (unpaired) electrons. The van der Waals surface area contributed by atoms with E-state index in [-0.39, 0.29) is 21.3 Å². The fourth-order valence-corrected chi connectivity index (χ4v) is 5.33. The Kier molecular flexibility index (Phi) is 8.48. The Labute approximate surface area is 229 Å². The lowest BCUT2D eigenvalue weighted by atomic mass is 9.95. The van der Waals surface area contributed by atoms with Crippen LogP contribution in [0.1, 0.15) is 58.7 Å². The van der Waals surface area contributed by atoms with Crippen molar-refractivity contribution in [3.63, 3.8) is 0 Å². The van der Waals surface area contributed by atoms with Gasteiger partial charge >= 0.3 is 11.9 Å². The first kappa shape index (κ1) is 27.3. The lowest BCUT2D eigenvalue weighted by Crippen LogP contribution is -2.29. The zero-order valence-electron chi connectivity index (χ0n) is 21.2. The van der Waals surface area contributed by atoms with E-state index in [1.807, 2.05) is 0 Å². The number of amides is 1. The van der Waals surface area contributed by atoms with E-state index in [2.05, 4.69) is 11.9 Å². The van der Waals surface area contributed by atoms with Crippen molar-refractivity contribution in [3.05, 3.63) is 80.8 Å². The first-order chi connectivity index (χ1) is 18.3. The van der Waals surface area contributed by atoms with Gasteiger partial charge in [0.05, 0.1) is 31.0 Å². The lowest BCUT2D eigenvalue weighted by Gasteiger charge is -2.23. The molecule has 2 aromatic carbocycles. The van der Waals surface area contributed by atoms with E-state index in [9.17, 15) is 19.5 Å². The Morgan fingerprint density at radius 1 is 1.16 bits per heavy atom. The number of aliphatic hydroxyl groups is 1. The summed E-state index contributed by atoms with van der Waals surface area (Å²) in [4.78, 5) is 44.9. The van der Waals surface area contributed by atoms with Crippen LogP contribution in [0.2, 0.25) is 5.02 Å². The Bertz CT molecular complexity index is 1400. The van der Waals surface area contributed by atoms with Crippen molar-refractivity contribution in [2.75, 3.05) is 18.6 Å². The van der Waals surface area contributed by atoms with Gasteiger partial charge in [-0.05, 0) is 55.3 Å². The third-order valence-electron chi connectivity index (χ3n) is 6.11. The van der Waals surface area contributed by atoms with Crippen molar-refractivity contribution in [1.82, 2.24) is 4.98 Å². The number of aromatic nitrogens is 1. The van der Waals surface area contributed by atoms with Gasteiger partial charge in [-0.15, -0.1) is 0 Å². The molecule has 8 nitrogen and oxygen atoms in total. The highest BCUT2D eigenvalue weighted by Crippen LogP contribution is 2.44. The largest absolute Gasteiger partial charge is 0.507 e. The average molecular weight is 555 g/mol. The topological polar surface area (TPSA) is 106 Å². The van der Waals surface area contributed by atoms with Crippen LogP contribution in [0, 0.1) is 6.92 Å². The number of unbranched alkanes of at least 4 members (excludes halogenated alkanes) is 2. The highest BCUT2D eigenvalue weighted by atomic mass is 35.5. The van der Waals surface area contributed by atoms with Gasteiger partial charge in [0.15, 0.2) is 5.13 Å². The number of hydrogen-bond donors (Lipinski definition) is 1. The first-order valence-electron chi connectivity index (χ1n) is 12.1. The Hall–Kier alpha value is -3.69. The number of anilines is 1. The van der Waals surface area contributed by atoms with Gasteiger partial charge in [0.2, 0.25) is 0 Å². The molecule has 1 saturated heterocycles. The van der Waals surface area contributed by atoms with Crippen LogP contribution in [-0.4, -0.2) is 41.5 Å². The fraction of sp³-hybridized carbons (Fsp3) is 0.286. The molecule has 1 aliphatic heterocycles. The number of carbonyl (C=O) groups is 3. The van der Waals surface area contributed by atoms with E-state index < -0.39 is 23.7 Å². The molecule has 1 fully saturated rings. The molecule has 2 heterocycles. The first-order valence-corrected chi connectivity index (χ1v) is 13.3. The Morgan fingerprint density at radius 2 is 1.89 bits per heavy atom. The van der Waals surface area contributed by atoms with Crippen molar-refractivity contribution in [1.29, 1.82) is 0 Å². The summed E-state index contributed by atoms with van der Waals surface area (Å²) in [6.45, 7) is 4.25. The molecule has 0 saturated carbocycles. The molecule has 3 aromatic rings. The van der Waals surface area contributed by atoms with Crippen LogP contribution in [-0.2, 0) is 14.3 Å². The maximum Gasteiger partial charge on any atom is 0.350 e. The fourth-order valence-electron chi connectivity index (χ4n) is 4.19. The van der Waals surface area contributed by atoms with E-state index >= 15 is 0 Å². The summed E-state index contributed by atoms with van der Waals surface area (Å²) in [5.74, 6) is -2.11. The van der Waals surface area contributed by atoms with Gasteiger partial charge in [-0.3, -0.25) is 14.5 Å². The number of esters is 1. The smallest absolute Gasteiger partial charge is 0.350 e. The monoisotopic (exact) mass is 554 g/mol. The normalized spacial score (nSPS) is 16.6. The summed E-state index contributed by atoms with van der Waals surface area (Å²) in [5, 5.41) is 11.9. The Morgan fingerprint density at radius 3 is 2.58 bits per heavy atom. The number of rotatable bonds is 9. The molecule has 1 amide bonds. The van der Waals surface area contributed by atoms with Crippen molar-refractivity contribution in [3.8, 4) is 5.75 Å². The number of nitrogens with zero attached hydrogens (tertiary/aromatic N) is 2. The maximum atomic E-state index is 13.4. The minimum atomic E-state index is -1.01. The summed E-state index contributed by atoms with van der Waals surface area (Å²) in [7, 11) is 1.26. The van der Waals surface area contributed by atoms with E-state index in [1.165, 1.54) is 12.0 Å². The molecule has 38 heavy (non-hydrogen) atoms. The van der Waals surface area contributed by atoms with Crippen molar-refractivity contribution < 1.29 is 29.0 Å². The van der Waals surface area contributed by atoms with Crippen molar-refractivity contribution in [2.24, 2.45) is 0 Å². The van der Waals surface area contributed by atoms with E-state index in [0.29, 0.717) is 34.2 Å². The number of ether oxygens (including phenoxy) is 2. The summed E-state index contributed by atoms with van der Waals surface area (Å²) >= 11 is 6.95. The minimum absolute atomic E-state index is 0.104. The van der Waals surface area contributed by atoms with Crippen LogP contribution < -0.4 is 9.64 Å². The zero-order chi connectivity index (χ0) is 27.4. The van der Waals surface area contributed by atoms with Gasteiger partial charge in [-0.25, -0.2) is 9.78 Å². The molecular formula is C28H27ClN2O6S. The lowest BCUT2D eigenvalue weighted by molar-refractivity contribution is -0.132. The quantitative estimate of drug-likeness (QED) is 0.112. The number of aliphatic hydroxyl groups excluding tert-OH is 1. The van der Waals surface area contributed by atoms with Gasteiger partial charge in [0.1, 0.15) is 16.4 Å². The zero-order valence-corrected chi connectivity index (χ0v) is 22.8. The van der Waals surface area contributed by atoms with Crippen LogP contribution in [0.4, 0.5) is 5.13 Å². The second kappa shape index (κ2) is 11.8. The predicted octanol–water partition coefficient (Wildman–Crippen LogP) is 6.09. The number of ketones is 1. The van der Waals surface area contributed by atoms with E-state index in [1.54, 1.807) is 55.5 Å². The molecule has 1 N–H and O–H groups in total. The molecule has 0 spiro atoms. The number of Topliss-reactive ketones (excluding diaryl/α,β-unsaturated/α-hetero) is 1. The van der Waals surface area contributed by atoms with Crippen LogP contribution in [0.15, 0.2) is 54.1 Å². The van der Waals surface area contributed by atoms with Crippen molar-refractivity contribution in [2.45, 2.75) is 39.2 Å². The van der Waals surface area contributed by atoms with Gasteiger partial charge in [0.25, 0.3) is 5.78 Å². The van der Waals surface area contributed by atoms with E-state index in [0.717, 1.165) is 30.6 Å².